The molecule has 20 heavy (non-hydrogen) atoms. The maximum Gasteiger partial charge on any atom is 0.322 e. The Hall–Kier alpha value is -1.55. The normalized spacial score (nSPS) is 11.9. The monoisotopic (exact) mass is 279 g/mol. The number of hydrogen-bond donors (Lipinski definition) is 1. The molecule has 1 unspecified atom stereocenters. The van der Waals surface area contributed by atoms with Crippen molar-refractivity contribution in [1.82, 2.24) is 5.32 Å². The maximum atomic E-state index is 11.4. The molecule has 1 atom stereocenters. The maximum absolute atomic E-state index is 11.4. The van der Waals surface area contributed by atoms with E-state index in [1.54, 1.807) is 7.05 Å². The van der Waals surface area contributed by atoms with Gasteiger partial charge in [-0.05, 0) is 37.6 Å². The van der Waals surface area contributed by atoms with Crippen LogP contribution in [0.3, 0.4) is 0 Å². The van der Waals surface area contributed by atoms with Gasteiger partial charge in [-0.3, -0.25) is 4.79 Å². The number of rotatable bonds is 9. The third kappa shape index (κ3) is 5.61. The number of ether oxygens (including phenoxy) is 2. The van der Waals surface area contributed by atoms with Crippen LogP contribution in [0.5, 0.6) is 5.75 Å². The van der Waals surface area contributed by atoms with Crippen LogP contribution in [0.1, 0.15) is 31.7 Å². The number of hydrogen-bond acceptors (Lipinski definition) is 4. The van der Waals surface area contributed by atoms with E-state index >= 15 is 0 Å². The number of carbonyl (C=O) groups excluding carboxylic acids is 1. The van der Waals surface area contributed by atoms with Gasteiger partial charge in [0.1, 0.15) is 11.8 Å². The lowest BCUT2D eigenvalue weighted by Crippen LogP contribution is -2.36. The Morgan fingerprint density at radius 1 is 1.30 bits per heavy atom. The molecule has 1 aromatic carbocycles. The SMILES string of the molecule is CCCCc1ccc(OCCC(NC)C(=O)OC)cc1. The Bertz CT molecular complexity index is 389. The highest BCUT2D eigenvalue weighted by Gasteiger charge is 2.16. The Labute approximate surface area is 121 Å². The number of benzene rings is 1. The molecule has 0 bridgehead atoms. The zero-order valence-electron chi connectivity index (χ0n) is 12.6. The van der Waals surface area contributed by atoms with Crippen molar-refractivity contribution in [2.75, 3.05) is 20.8 Å². The van der Waals surface area contributed by atoms with Crippen molar-refractivity contribution in [3.63, 3.8) is 0 Å². The van der Waals surface area contributed by atoms with Crippen molar-refractivity contribution in [3.8, 4) is 5.75 Å². The van der Waals surface area contributed by atoms with Crippen LogP contribution in [0.25, 0.3) is 0 Å². The fraction of sp³-hybridized carbons (Fsp3) is 0.562. The van der Waals surface area contributed by atoms with E-state index in [2.05, 4.69) is 24.4 Å². The van der Waals surface area contributed by atoms with E-state index in [0.29, 0.717) is 13.0 Å². The predicted molar refractivity (Wildman–Crippen MR) is 80.0 cm³/mol. The molecule has 0 saturated carbocycles. The van der Waals surface area contributed by atoms with E-state index < -0.39 is 0 Å². The van der Waals surface area contributed by atoms with Gasteiger partial charge in [-0.15, -0.1) is 0 Å². The second kappa shape index (κ2) is 9.37. The first kappa shape index (κ1) is 16.5. The predicted octanol–water partition coefficient (Wildman–Crippen LogP) is 2.56. The smallest absolute Gasteiger partial charge is 0.322 e. The van der Waals surface area contributed by atoms with Gasteiger partial charge < -0.3 is 14.8 Å². The fourth-order valence-electron chi connectivity index (χ4n) is 1.95. The standard InChI is InChI=1S/C16H25NO3/c1-4-5-6-13-7-9-14(10-8-13)20-12-11-15(17-2)16(18)19-3/h7-10,15,17H,4-6,11-12H2,1-3H3. The zero-order valence-corrected chi connectivity index (χ0v) is 12.6. The van der Waals surface area contributed by atoms with Gasteiger partial charge in [0, 0.05) is 6.42 Å². The number of esters is 1. The molecule has 0 spiro atoms. The topological polar surface area (TPSA) is 47.6 Å². The molecule has 0 aromatic heterocycles. The Morgan fingerprint density at radius 3 is 2.55 bits per heavy atom. The first-order valence-electron chi connectivity index (χ1n) is 7.18. The van der Waals surface area contributed by atoms with Crippen LogP contribution >= 0.6 is 0 Å². The molecule has 0 radical (unpaired) electrons. The number of methoxy groups -OCH3 is 1. The van der Waals surface area contributed by atoms with Crippen molar-refractivity contribution in [2.24, 2.45) is 0 Å². The molecule has 1 aromatic rings. The second-order valence-electron chi connectivity index (χ2n) is 4.75. The molecular weight excluding hydrogens is 254 g/mol. The van der Waals surface area contributed by atoms with Crippen LogP contribution in [-0.4, -0.2) is 32.8 Å². The zero-order chi connectivity index (χ0) is 14.8. The fourth-order valence-corrected chi connectivity index (χ4v) is 1.95. The van der Waals surface area contributed by atoms with Gasteiger partial charge in [0.25, 0.3) is 0 Å². The molecule has 0 fully saturated rings. The molecule has 4 nitrogen and oxygen atoms in total. The van der Waals surface area contributed by atoms with Gasteiger partial charge in [-0.2, -0.15) is 0 Å². The minimum atomic E-state index is -0.316. The van der Waals surface area contributed by atoms with E-state index in [4.69, 9.17) is 9.47 Å². The lowest BCUT2D eigenvalue weighted by molar-refractivity contribution is -0.143. The van der Waals surface area contributed by atoms with Gasteiger partial charge in [0.15, 0.2) is 0 Å². The van der Waals surface area contributed by atoms with E-state index in [9.17, 15) is 4.79 Å². The van der Waals surface area contributed by atoms with Crippen molar-refractivity contribution < 1.29 is 14.3 Å². The van der Waals surface area contributed by atoms with Crippen LogP contribution in [0.2, 0.25) is 0 Å². The Balaban J connectivity index is 2.36. The van der Waals surface area contributed by atoms with Crippen LogP contribution in [0.4, 0.5) is 0 Å². The number of nitrogens with one attached hydrogen (secondary N) is 1. The summed E-state index contributed by atoms with van der Waals surface area (Å²) in [5, 5.41) is 2.92. The van der Waals surface area contributed by atoms with Crippen LogP contribution in [0, 0.1) is 0 Å². The molecule has 112 valence electrons. The highest BCUT2D eigenvalue weighted by atomic mass is 16.5. The molecule has 4 heteroatoms. The molecule has 1 N–H and O–H groups in total. The average Bonchev–Trinajstić information content (AvgIpc) is 2.50. The lowest BCUT2D eigenvalue weighted by atomic mass is 10.1. The number of unbranched alkanes of at least 4 members (excludes halogenated alkanes) is 1. The molecule has 0 aliphatic rings. The minimum Gasteiger partial charge on any atom is -0.494 e. The summed E-state index contributed by atoms with van der Waals surface area (Å²) in [6.07, 6.45) is 4.11. The minimum absolute atomic E-state index is 0.258. The summed E-state index contributed by atoms with van der Waals surface area (Å²) in [6.45, 7) is 2.67. The molecule has 0 heterocycles. The van der Waals surface area contributed by atoms with E-state index in [0.717, 1.165) is 12.2 Å². The highest BCUT2D eigenvalue weighted by Crippen LogP contribution is 2.14. The molecule has 0 saturated heterocycles. The molecule has 0 aliphatic heterocycles. The first-order valence-corrected chi connectivity index (χ1v) is 7.18. The first-order chi connectivity index (χ1) is 9.71. The Kier molecular flexibility index (Phi) is 7.73. The van der Waals surface area contributed by atoms with Gasteiger partial charge in [0.05, 0.1) is 13.7 Å². The summed E-state index contributed by atoms with van der Waals surface area (Å²) in [7, 11) is 3.13. The van der Waals surface area contributed by atoms with Crippen LogP contribution in [0.15, 0.2) is 24.3 Å². The molecular formula is C16H25NO3. The van der Waals surface area contributed by atoms with Crippen LogP contribution in [-0.2, 0) is 16.0 Å². The average molecular weight is 279 g/mol. The second-order valence-corrected chi connectivity index (χ2v) is 4.75. The number of carbonyl (C=O) groups is 1. The number of likely N-dealkylation sites (N-methyl/N-ethyl adjacent to an activating group) is 1. The van der Waals surface area contributed by atoms with Gasteiger partial charge >= 0.3 is 5.97 Å². The summed E-state index contributed by atoms with van der Waals surface area (Å²) < 4.78 is 10.3. The summed E-state index contributed by atoms with van der Waals surface area (Å²) in [6, 6.07) is 7.85. The number of aryl methyl sites for hydroxylation is 1. The molecule has 0 amide bonds. The van der Waals surface area contributed by atoms with E-state index in [1.807, 2.05) is 12.1 Å². The lowest BCUT2D eigenvalue weighted by Gasteiger charge is -2.14. The quantitative estimate of drug-likeness (QED) is 0.706. The van der Waals surface area contributed by atoms with E-state index in [-0.39, 0.29) is 12.0 Å². The highest BCUT2D eigenvalue weighted by molar-refractivity contribution is 5.75. The van der Waals surface area contributed by atoms with Gasteiger partial charge in [-0.1, -0.05) is 25.5 Å². The van der Waals surface area contributed by atoms with Crippen LogP contribution < -0.4 is 10.1 Å². The summed E-state index contributed by atoms with van der Waals surface area (Å²) in [5.41, 5.74) is 1.34. The third-order valence-corrected chi connectivity index (χ3v) is 3.25. The van der Waals surface area contributed by atoms with Crippen molar-refractivity contribution in [3.05, 3.63) is 29.8 Å². The molecule has 0 aliphatic carbocycles. The van der Waals surface area contributed by atoms with Crippen molar-refractivity contribution in [2.45, 2.75) is 38.6 Å². The third-order valence-electron chi connectivity index (χ3n) is 3.25. The summed E-state index contributed by atoms with van der Waals surface area (Å²) >= 11 is 0. The summed E-state index contributed by atoms with van der Waals surface area (Å²) in [5.74, 6) is 0.580. The van der Waals surface area contributed by atoms with Crippen molar-refractivity contribution >= 4 is 5.97 Å². The van der Waals surface area contributed by atoms with Gasteiger partial charge in [0.2, 0.25) is 0 Å². The molecule has 1 rings (SSSR count). The van der Waals surface area contributed by atoms with E-state index in [1.165, 1.54) is 25.5 Å². The largest absolute Gasteiger partial charge is 0.494 e. The van der Waals surface area contributed by atoms with Crippen molar-refractivity contribution in [1.29, 1.82) is 0 Å². The summed E-state index contributed by atoms with van der Waals surface area (Å²) in [4.78, 5) is 11.4. The Morgan fingerprint density at radius 2 is 2.00 bits per heavy atom. The van der Waals surface area contributed by atoms with Gasteiger partial charge in [-0.25, -0.2) is 0 Å².